The van der Waals surface area contributed by atoms with Crippen LogP contribution in [-0.2, 0) is 0 Å². The Labute approximate surface area is 102 Å². The van der Waals surface area contributed by atoms with Crippen molar-refractivity contribution in [3.63, 3.8) is 0 Å². The van der Waals surface area contributed by atoms with Crippen LogP contribution in [0.1, 0.15) is 10.5 Å². The van der Waals surface area contributed by atoms with Gasteiger partial charge in [-0.15, -0.1) is 0 Å². The summed E-state index contributed by atoms with van der Waals surface area (Å²) in [5.41, 5.74) is 5.17. The number of benzene rings is 1. The third-order valence-corrected chi connectivity index (χ3v) is 2.17. The first-order chi connectivity index (χ1) is 8.58. The number of nitrogens with zero attached hydrogens (tertiary/aromatic N) is 1. The average molecular weight is 248 g/mol. The maximum Gasteiger partial charge on any atom is 0.354 e. The van der Waals surface area contributed by atoms with E-state index in [2.05, 4.69) is 4.98 Å². The molecule has 1 heterocycles. The van der Waals surface area contributed by atoms with E-state index in [1.165, 1.54) is 36.5 Å². The van der Waals surface area contributed by atoms with Gasteiger partial charge in [-0.05, 0) is 18.2 Å². The van der Waals surface area contributed by atoms with Gasteiger partial charge in [-0.1, -0.05) is 6.07 Å². The molecule has 0 amide bonds. The standard InChI is InChI=1S/C12H9FN2O3/c13-11-8(14)2-1-3-10(11)18-7-4-5-15-9(6-7)12(16)17/h1-6H,14H2,(H,16,17). The third-order valence-electron chi connectivity index (χ3n) is 2.17. The summed E-state index contributed by atoms with van der Waals surface area (Å²) in [7, 11) is 0. The highest BCUT2D eigenvalue weighted by molar-refractivity contribution is 5.85. The number of carboxylic acids is 1. The maximum absolute atomic E-state index is 13.6. The molecule has 92 valence electrons. The SMILES string of the molecule is Nc1cccc(Oc2ccnc(C(=O)O)c2)c1F. The summed E-state index contributed by atoms with van der Waals surface area (Å²) in [5.74, 6) is -1.77. The van der Waals surface area contributed by atoms with Crippen LogP contribution in [-0.4, -0.2) is 16.1 Å². The Balaban J connectivity index is 2.31. The first-order valence-corrected chi connectivity index (χ1v) is 4.99. The molecule has 6 heteroatoms. The van der Waals surface area contributed by atoms with Crippen molar-refractivity contribution in [2.24, 2.45) is 0 Å². The molecule has 1 aromatic carbocycles. The van der Waals surface area contributed by atoms with Crippen molar-refractivity contribution in [2.45, 2.75) is 0 Å². The Kier molecular flexibility index (Phi) is 3.09. The lowest BCUT2D eigenvalue weighted by Crippen LogP contribution is -2.00. The molecule has 0 saturated heterocycles. The topological polar surface area (TPSA) is 85.4 Å². The molecule has 18 heavy (non-hydrogen) atoms. The second-order valence-electron chi connectivity index (χ2n) is 3.44. The minimum atomic E-state index is -1.19. The molecule has 0 aliphatic heterocycles. The van der Waals surface area contributed by atoms with Gasteiger partial charge in [-0.3, -0.25) is 0 Å². The van der Waals surface area contributed by atoms with Crippen LogP contribution in [0, 0.1) is 5.82 Å². The lowest BCUT2D eigenvalue weighted by atomic mass is 10.3. The summed E-state index contributed by atoms with van der Waals surface area (Å²) >= 11 is 0. The molecule has 0 unspecified atom stereocenters. The monoisotopic (exact) mass is 248 g/mol. The normalized spacial score (nSPS) is 10.1. The van der Waals surface area contributed by atoms with Crippen LogP contribution in [0.15, 0.2) is 36.5 Å². The highest BCUT2D eigenvalue weighted by Gasteiger charge is 2.10. The van der Waals surface area contributed by atoms with Gasteiger partial charge < -0.3 is 15.6 Å². The fourth-order valence-corrected chi connectivity index (χ4v) is 1.33. The van der Waals surface area contributed by atoms with Crippen LogP contribution < -0.4 is 10.5 Å². The van der Waals surface area contributed by atoms with E-state index >= 15 is 0 Å². The molecule has 2 aromatic rings. The molecule has 1 aromatic heterocycles. The molecule has 0 spiro atoms. The third kappa shape index (κ3) is 2.37. The number of aromatic carboxylic acids is 1. The van der Waals surface area contributed by atoms with Crippen LogP contribution in [0.4, 0.5) is 10.1 Å². The van der Waals surface area contributed by atoms with Crippen molar-refractivity contribution in [2.75, 3.05) is 5.73 Å². The van der Waals surface area contributed by atoms with E-state index in [9.17, 15) is 9.18 Å². The van der Waals surface area contributed by atoms with Crippen LogP contribution in [0.2, 0.25) is 0 Å². The lowest BCUT2D eigenvalue weighted by Gasteiger charge is -2.08. The molecule has 0 saturated carbocycles. The zero-order chi connectivity index (χ0) is 13.1. The van der Waals surface area contributed by atoms with Gasteiger partial charge in [0.05, 0.1) is 5.69 Å². The molecule has 0 bridgehead atoms. The van der Waals surface area contributed by atoms with E-state index in [0.29, 0.717) is 0 Å². The van der Waals surface area contributed by atoms with Gasteiger partial charge in [-0.25, -0.2) is 14.2 Å². The highest BCUT2D eigenvalue weighted by atomic mass is 19.1. The number of ether oxygens (including phenoxy) is 1. The fraction of sp³-hybridized carbons (Fsp3) is 0. The number of carboxylic acid groups (broad SMARTS) is 1. The zero-order valence-electron chi connectivity index (χ0n) is 9.13. The van der Waals surface area contributed by atoms with Crippen molar-refractivity contribution in [1.82, 2.24) is 4.98 Å². The van der Waals surface area contributed by atoms with Gasteiger partial charge in [0.25, 0.3) is 0 Å². The number of rotatable bonds is 3. The number of nitrogen functional groups attached to an aromatic ring is 1. The first-order valence-electron chi connectivity index (χ1n) is 4.99. The summed E-state index contributed by atoms with van der Waals surface area (Å²) in [4.78, 5) is 14.3. The number of hydrogen-bond acceptors (Lipinski definition) is 4. The number of aromatic nitrogens is 1. The van der Waals surface area contributed by atoms with Crippen molar-refractivity contribution < 1.29 is 19.0 Å². The van der Waals surface area contributed by atoms with Crippen molar-refractivity contribution in [1.29, 1.82) is 0 Å². The quantitative estimate of drug-likeness (QED) is 0.814. The predicted molar refractivity (Wildman–Crippen MR) is 62.1 cm³/mol. The predicted octanol–water partition coefficient (Wildman–Crippen LogP) is 2.29. The molecule has 0 atom stereocenters. The Morgan fingerprint density at radius 3 is 2.89 bits per heavy atom. The second-order valence-corrected chi connectivity index (χ2v) is 3.44. The van der Waals surface area contributed by atoms with E-state index in [1.54, 1.807) is 0 Å². The van der Waals surface area contributed by atoms with Crippen molar-refractivity contribution in [3.05, 3.63) is 48.0 Å². The van der Waals surface area contributed by atoms with Crippen LogP contribution in [0.3, 0.4) is 0 Å². The summed E-state index contributed by atoms with van der Waals surface area (Å²) < 4.78 is 18.8. The molecule has 0 aliphatic carbocycles. The molecule has 0 aliphatic rings. The number of nitrogens with two attached hydrogens (primary N) is 1. The Hall–Kier alpha value is -2.63. The van der Waals surface area contributed by atoms with Gasteiger partial charge in [0.2, 0.25) is 0 Å². The fourth-order valence-electron chi connectivity index (χ4n) is 1.33. The number of carbonyl (C=O) groups is 1. The van der Waals surface area contributed by atoms with Crippen LogP contribution in [0.5, 0.6) is 11.5 Å². The summed E-state index contributed by atoms with van der Waals surface area (Å²) in [6.45, 7) is 0. The van der Waals surface area contributed by atoms with E-state index in [0.717, 1.165) is 0 Å². The molecule has 5 nitrogen and oxygen atoms in total. The summed E-state index contributed by atoms with van der Waals surface area (Å²) in [6, 6.07) is 6.96. The number of pyridine rings is 1. The Morgan fingerprint density at radius 2 is 2.17 bits per heavy atom. The zero-order valence-corrected chi connectivity index (χ0v) is 9.13. The van der Waals surface area contributed by atoms with Crippen LogP contribution >= 0.6 is 0 Å². The lowest BCUT2D eigenvalue weighted by molar-refractivity contribution is 0.0690. The van der Waals surface area contributed by atoms with E-state index in [4.69, 9.17) is 15.6 Å². The molecule has 0 radical (unpaired) electrons. The molecule has 0 fully saturated rings. The highest BCUT2D eigenvalue weighted by Crippen LogP contribution is 2.27. The minimum Gasteiger partial charge on any atom is -0.477 e. The average Bonchev–Trinajstić information content (AvgIpc) is 2.35. The molecule has 2 rings (SSSR count). The van der Waals surface area contributed by atoms with Gasteiger partial charge in [0.15, 0.2) is 17.3 Å². The van der Waals surface area contributed by atoms with E-state index in [-0.39, 0.29) is 22.9 Å². The number of halogens is 1. The Morgan fingerprint density at radius 1 is 1.39 bits per heavy atom. The van der Waals surface area contributed by atoms with Crippen LogP contribution in [0.25, 0.3) is 0 Å². The van der Waals surface area contributed by atoms with Crippen molar-refractivity contribution >= 4 is 11.7 Å². The first kappa shape index (κ1) is 11.8. The number of hydrogen-bond donors (Lipinski definition) is 2. The minimum absolute atomic E-state index is 0.0417. The van der Waals surface area contributed by atoms with E-state index < -0.39 is 11.8 Å². The smallest absolute Gasteiger partial charge is 0.354 e. The molecular formula is C12H9FN2O3. The second kappa shape index (κ2) is 4.70. The molecule has 3 N–H and O–H groups in total. The van der Waals surface area contributed by atoms with Gasteiger partial charge in [-0.2, -0.15) is 0 Å². The largest absolute Gasteiger partial charge is 0.477 e. The van der Waals surface area contributed by atoms with Gasteiger partial charge in [0, 0.05) is 12.3 Å². The maximum atomic E-state index is 13.6. The Bertz CT molecular complexity index is 602. The van der Waals surface area contributed by atoms with E-state index in [1.807, 2.05) is 0 Å². The van der Waals surface area contributed by atoms with Gasteiger partial charge in [0.1, 0.15) is 5.75 Å². The van der Waals surface area contributed by atoms with Gasteiger partial charge >= 0.3 is 5.97 Å². The summed E-state index contributed by atoms with van der Waals surface area (Å²) in [5, 5.41) is 8.76. The molecular weight excluding hydrogens is 239 g/mol. The summed E-state index contributed by atoms with van der Waals surface area (Å²) in [6.07, 6.45) is 1.27. The number of anilines is 1. The van der Waals surface area contributed by atoms with Crippen molar-refractivity contribution in [3.8, 4) is 11.5 Å².